The molecule has 0 amide bonds. The lowest BCUT2D eigenvalue weighted by Crippen LogP contribution is -2.60. The summed E-state index contributed by atoms with van der Waals surface area (Å²) in [5, 5.41) is 3.49. The summed E-state index contributed by atoms with van der Waals surface area (Å²) < 4.78 is 0. The van der Waals surface area contributed by atoms with E-state index in [1.807, 2.05) is 0 Å². The first-order chi connectivity index (χ1) is 10.7. The molecule has 0 bridgehead atoms. The van der Waals surface area contributed by atoms with E-state index in [0.29, 0.717) is 0 Å². The van der Waals surface area contributed by atoms with Crippen LogP contribution in [0.3, 0.4) is 0 Å². The molecule has 3 saturated heterocycles. The van der Waals surface area contributed by atoms with Crippen LogP contribution in [0.25, 0.3) is 0 Å². The SMILES string of the molecule is CN1CCC2(CC1)CC(N1CCN(C3CCNCC3)CC1)C2. The summed E-state index contributed by atoms with van der Waals surface area (Å²) in [5.74, 6) is 0. The summed E-state index contributed by atoms with van der Waals surface area (Å²) in [6.45, 7) is 10.4. The summed E-state index contributed by atoms with van der Waals surface area (Å²) in [6, 6.07) is 1.78. The first-order valence-electron chi connectivity index (χ1n) is 9.62. The van der Waals surface area contributed by atoms with Crippen molar-refractivity contribution in [2.24, 2.45) is 5.41 Å². The number of rotatable bonds is 2. The average molecular weight is 306 g/mol. The lowest BCUT2D eigenvalue weighted by molar-refractivity contribution is -0.0567. The van der Waals surface area contributed by atoms with Crippen molar-refractivity contribution >= 4 is 0 Å². The molecule has 1 N–H and O–H groups in total. The number of nitrogens with zero attached hydrogens (tertiary/aromatic N) is 3. The van der Waals surface area contributed by atoms with E-state index in [2.05, 4.69) is 27.1 Å². The van der Waals surface area contributed by atoms with Crippen molar-refractivity contribution in [2.45, 2.75) is 50.6 Å². The molecule has 0 aromatic heterocycles. The molecular weight excluding hydrogens is 272 g/mol. The molecule has 1 saturated carbocycles. The van der Waals surface area contributed by atoms with Gasteiger partial charge < -0.3 is 10.2 Å². The zero-order valence-electron chi connectivity index (χ0n) is 14.4. The molecule has 22 heavy (non-hydrogen) atoms. The Kier molecular flexibility index (Phi) is 4.46. The van der Waals surface area contributed by atoms with Crippen LogP contribution < -0.4 is 5.32 Å². The van der Waals surface area contributed by atoms with Gasteiger partial charge in [0.1, 0.15) is 0 Å². The van der Waals surface area contributed by atoms with E-state index in [9.17, 15) is 0 Å². The highest BCUT2D eigenvalue weighted by Crippen LogP contribution is 2.50. The molecule has 1 aliphatic carbocycles. The predicted octanol–water partition coefficient (Wildman–Crippen LogP) is 1.23. The van der Waals surface area contributed by atoms with Crippen LogP contribution in [0.15, 0.2) is 0 Å². The Bertz CT molecular complexity index is 355. The van der Waals surface area contributed by atoms with Crippen molar-refractivity contribution in [3.05, 3.63) is 0 Å². The number of hydrogen-bond donors (Lipinski definition) is 1. The van der Waals surface area contributed by atoms with Gasteiger partial charge in [-0.1, -0.05) is 0 Å². The van der Waals surface area contributed by atoms with Gasteiger partial charge in [-0.3, -0.25) is 9.80 Å². The normalized spacial score (nSPS) is 33.1. The number of nitrogens with one attached hydrogen (secondary N) is 1. The van der Waals surface area contributed by atoms with Crippen molar-refractivity contribution in [3.63, 3.8) is 0 Å². The van der Waals surface area contributed by atoms with Crippen LogP contribution in [0.5, 0.6) is 0 Å². The topological polar surface area (TPSA) is 21.8 Å². The second-order valence-electron chi connectivity index (χ2n) is 8.42. The van der Waals surface area contributed by atoms with Crippen LogP contribution >= 0.6 is 0 Å². The van der Waals surface area contributed by atoms with Gasteiger partial charge in [-0.2, -0.15) is 0 Å². The molecule has 0 atom stereocenters. The highest BCUT2D eigenvalue weighted by Gasteiger charge is 2.47. The van der Waals surface area contributed by atoms with E-state index in [-0.39, 0.29) is 0 Å². The van der Waals surface area contributed by atoms with Crippen LogP contribution in [0.1, 0.15) is 38.5 Å². The van der Waals surface area contributed by atoms with Gasteiger partial charge in [-0.15, -0.1) is 0 Å². The van der Waals surface area contributed by atoms with Gasteiger partial charge >= 0.3 is 0 Å². The fourth-order valence-corrected chi connectivity index (χ4v) is 5.34. The maximum absolute atomic E-state index is 3.49. The molecule has 0 aromatic rings. The van der Waals surface area contributed by atoms with Gasteiger partial charge in [-0.05, 0) is 77.2 Å². The van der Waals surface area contributed by atoms with Gasteiger partial charge in [0, 0.05) is 38.3 Å². The third kappa shape index (κ3) is 3.08. The Labute approximate surface area is 136 Å². The Morgan fingerprint density at radius 1 is 0.773 bits per heavy atom. The van der Waals surface area contributed by atoms with E-state index in [4.69, 9.17) is 0 Å². The third-order valence-electron chi connectivity index (χ3n) is 7.08. The van der Waals surface area contributed by atoms with Crippen molar-refractivity contribution in [2.75, 3.05) is 59.4 Å². The Balaban J connectivity index is 1.22. The average Bonchev–Trinajstić information content (AvgIpc) is 2.55. The number of piperazine rings is 1. The van der Waals surface area contributed by atoms with Crippen LogP contribution in [-0.4, -0.2) is 86.2 Å². The molecule has 3 aliphatic heterocycles. The van der Waals surface area contributed by atoms with Crippen molar-refractivity contribution in [1.29, 1.82) is 0 Å². The van der Waals surface area contributed by atoms with Crippen molar-refractivity contribution in [3.8, 4) is 0 Å². The Hall–Kier alpha value is -0.160. The van der Waals surface area contributed by atoms with Crippen molar-refractivity contribution in [1.82, 2.24) is 20.0 Å². The molecule has 3 heterocycles. The molecule has 4 rings (SSSR count). The molecule has 4 nitrogen and oxygen atoms in total. The van der Waals surface area contributed by atoms with Gasteiger partial charge in [0.25, 0.3) is 0 Å². The first kappa shape index (κ1) is 15.4. The predicted molar refractivity (Wildman–Crippen MR) is 91.2 cm³/mol. The smallest absolute Gasteiger partial charge is 0.0120 e. The van der Waals surface area contributed by atoms with Gasteiger partial charge in [-0.25, -0.2) is 0 Å². The molecular formula is C18H34N4. The molecule has 126 valence electrons. The van der Waals surface area contributed by atoms with Gasteiger partial charge in [0.2, 0.25) is 0 Å². The molecule has 0 aromatic carbocycles. The zero-order chi connectivity index (χ0) is 15.0. The van der Waals surface area contributed by atoms with Crippen LogP contribution in [0, 0.1) is 5.41 Å². The van der Waals surface area contributed by atoms with E-state index < -0.39 is 0 Å². The fraction of sp³-hybridized carbons (Fsp3) is 1.00. The second-order valence-corrected chi connectivity index (χ2v) is 8.42. The molecule has 4 heteroatoms. The fourth-order valence-electron chi connectivity index (χ4n) is 5.34. The summed E-state index contributed by atoms with van der Waals surface area (Å²) >= 11 is 0. The molecule has 0 radical (unpaired) electrons. The maximum atomic E-state index is 3.49. The molecule has 0 unspecified atom stereocenters. The standard InChI is InChI=1S/C18H34N4/c1-20-8-4-18(5-9-20)14-17(15-18)22-12-10-21(11-13-22)16-2-6-19-7-3-16/h16-17,19H,2-15H2,1H3. The minimum Gasteiger partial charge on any atom is -0.317 e. The van der Waals surface area contributed by atoms with E-state index in [1.165, 1.54) is 90.9 Å². The highest BCUT2D eigenvalue weighted by atomic mass is 15.3. The van der Waals surface area contributed by atoms with E-state index in [1.54, 1.807) is 0 Å². The lowest BCUT2D eigenvalue weighted by atomic mass is 9.60. The highest BCUT2D eigenvalue weighted by molar-refractivity contribution is 5.01. The number of hydrogen-bond acceptors (Lipinski definition) is 4. The van der Waals surface area contributed by atoms with Crippen molar-refractivity contribution < 1.29 is 0 Å². The first-order valence-corrected chi connectivity index (χ1v) is 9.62. The Morgan fingerprint density at radius 3 is 1.91 bits per heavy atom. The third-order valence-corrected chi connectivity index (χ3v) is 7.08. The van der Waals surface area contributed by atoms with Gasteiger partial charge in [0.15, 0.2) is 0 Å². The van der Waals surface area contributed by atoms with E-state index in [0.717, 1.165) is 17.5 Å². The van der Waals surface area contributed by atoms with Gasteiger partial charge in [0.05, 0.1) is 0 Å². The summed E-state index contributed by atoms with van der Waals surface area (Å²) in [4.78, 5) is 8.11. The largest absolute Gasteiger partial charge is 0.317 e. The number of piperidine rings is 2. The molecule has 4 aliphatic rings. The monoisotopic (exact) mass is 306 g/mol. The minimum atomic E-state index is 0.739. The van der Waals surface area contributed by atoms with Crippen LogP contribution in [0.2, 0.25) is 0 Å². The zero-order valence-corrected chi connectivity index (χ0v) is 14.4. The molecule has 4 fully saturated rings. The summed E-state index contributed by atoms with van der Waals surface area (Å²) in [7, 11) is 2.28. The lowest BCUT2D eigenvalue weighted by Gasteiger charge is -2.56. The second kappa shape index (κ2) is 6.39. The minimum absolute atomic E-state index is 0.739. The summed E-state index contributed by atoms with van der Waals surface area (Å²) in [6.07, 6.45) is 8.62. The maximum Gasteiger partial charge on any atom is 0.0120 e. The number of likely N-dealkylation sites (tertiary alicyclic amines) is 1. The summed E-state index contributed by atoms with van der Waals surface area (Å²) in [5.41, 5.74) is 0.739. The van der Waals surface area contributed by atoms with Crippen LogP contribution in [0.4, 0.5) is 0 Å². The van der Waals surface area contributed by atoms with Crippen LogP contribution in [-0.2, 0) is 0 Å². The van der Waals surface area contributed by atoms with E-state index >= 15 is 0 Å². The quantitative estimate of drug-likeness (QED) is 0.828. The Morgan fingerprint density at radius 2 is 1.32 bits per heavy atom. The molecule has 1 spiro atoms.